The largest absolute Gasteiger partial charge is 0.377 e. The highest BCUT2D eigenvalue weighted by Crippen LogP contribution is 2.22. The smallest absolute Gasteiger partial charge is 0.255 e. The summed E-state index contributed by atoms with van der Waals surface area (Å²) in [4.78, 5) is 14.3. The topological polar surface area (TPSA) is 29.5 Å². The number of hydrogen-bond acceptors (Lipinski definition) is 2. The van der Waals surface area contributed by atoms with Crippen LogP contribution in [0.25, 0.3) is 0 Å². The first-order chi connectivity index (χ1) is 8.09. The van der Waals surface area contributed by atoms with Gasteiger partial charge in [0.1, 0.15) is 0 Å². The number of amides is 1. The molecule has 0 aliphatic carbocycles. The van der Waals surface area contributed by atoms with Crippen LogP contribution in [0, 0.1) is 3.57 Å². The number of benzene rings is 1. The maximum Gasteiger partial charge on any atom is 0.255 e. The molecule has 1 amide bonds. The molecule has 1 heterocycles. The van der Waals surface area contributed by atoms with Crippen LogP contribution >= 0.6 is 38.5 Å². The van der Waals surface area contributed by atoms with Crippen molar-refractivity contribution in [2.24, 2.45) is 0 Å². The summed E-state index contributed by atoms with van der Waals surface area (Å²) in [5.41, 5.74) is 0.727. The van der Waals surface area contributed by atoms with E-state index in [1.54, 1.807) is 0 Å². The Kier molecular flexibility index (Phi) is 4.43. The fourth-order valence-corrected chi connectivity index (χ4v) is 2.75. The Labute approximate surface area is 123 Å². The van der Waals surface area contributed by atoms with E-state index in [0.29, 0.717) is 19.8 Å². The highest BCUT2D eigenvalue weighted by atomic mass is 127. The zero-order valence-electron chi connectivity index (χ0n) is 9.45. The number of nitrogens with zero attached hydrogens (tertiary/aromatic N) is 1. The Bertz CT molecular complexity index is 439. The van der Waals surface area contributed by atoms with Gasteiger partial charge in [-0.2, -0.15) is 0 Å². The number of morpholine rings is 1. The van der Waals surface area contributed by atoms with Crippen molar-refractivity contribution in [2.75, 3.05) is 19.8 Å². The molecule has 17 heavy (non-hydrogen) atoms. The molecule has 1 aromatic carbocycles. The van der Waals surface area contributed by atoms with E-state index in [1.165, 1.54) is 0 Å². The Morgan fingerprint density at radius 3 is 3.06 bits per heavy atom. The monoisotopic (exact) mass is 409 g/mol. The molecular formula is C12H13BrINO2. The van der Waals surface area contributed by atoms with Gasteiger partial charge in [-0.05, 0) is 63.6 Å². The number of halogens is 2. The Balaban J connectivity index is 2.26. The molecular weight excluding hydrogens is 397 g/mol. The van der Waals surface area contributed by atoms with Crippen LogP contribution in [0.4, 0.5) is 0 Å². The van der Waals surface area contributed by atoms with Gasteiger partial charge < -0.3 is 9.64 Å². The SMILES string of the molecule is C[C@@H]1COCCN1C(=O)c1cc(I)ccc1Br. The lowest BCUT2D eigenvalue weighted by Gasteiger charge is -2.33. The fraction of sp³-hybridized carbons (Fsp3) is 0.417. The van der Waals surface area contributed by atoms with E-state index in [9.17, 15) is 4.79 Å². The van der Waals surface area contributed by atoms with Crippen LogP contribution in [0.15, 0.2) is 22.7 Å². The number of hydrogen-bond donors (Lipinski definition) is 0. The second-order valence-electron chi connectivity index (χ2n) is 4.05. The molecule has 5 heteroatoms. The van der Waals surface area contributed by atoms with E-state index in [1.807, 2.05) is 30.0 Å². The van der Waals surface area contributed by atoms with Crippen molar-refractivity contribution in [3.8, 4) is 0 Å². The van der Waals surface area contributed by atoms with Crippen molar-refractivity contribution in [2.45, 2.75) is 13.0 Å². The summed E-state index contributed by atoms with van der Waals surface area (Å²) in [6, 6.07) is 5.94. The van der Waals surface area contributed by atoms with Crippen molar-refractivity contribution >= 4 is 44.4 Å². The maximum absolute atomic E-state index is 12.4. The highest BCUT2D eigenvalue weighted by Gasteiger charge is 2.25. The first-order valence-electron chi connectivity index (χ1n) is 5.43. The molecule has 1 fully saturated rings. The van der Waals surface area contributed by atoms with Gasteiger partial charge >= 0.3 is 0 Å². The average molecular weight is 410 g/mol. The summed E-state index contributed by atoms with van der Waals surface area (Å²) < 4.78 is 7.26. The predicted octanol–water partition coefficient (Wildman–Crippen LogP) is 2.91. The maximum atomic E-state index is 12.4. The van der Waals surface area contributed by atoms with Crippen molar-refractivity contribution in [1.82, 2.24) is 4.90 Å². The Hall–Kier alpha value is -0.140. The molecule has 0 saturated carbocycles. The van der Waals surface area contributed by atoms with Crippen LogP contribution in [-0.4, -0.2) is 36.6 Å². The zero-order chi connectivity index (χ0) is 12.4. The molecule has 3 nitrogen and oxygen atoms in total. The summed E-state index contributed by atoms with van der Waals surface area (Å²) in [7, 11) is 0. The molecule has 0 spiro atoms. The van der Waals surface area contributed by atoms with Crippen molar-refractivity contribution < 1.29 is 9.53 Å². The highest BCUT2D eigenvalue weighted by molar-refractivity contribution is 14.1. The molecule has 0 bridgehead atoms. The van der Waals surface area contributed by atoms with Gasteiger partial charge in [0.2, 0.25) is 0 Å². The Morgan fingerprint density at radius 2 is 2.35 bits per heavy atom. The van der Waals surface area contributed by atoms with Gasteiger partial charge in [-0.3, -0.25) is 4.79 Å². The lowest BCUT2D eigenvalue weighted by molar-refractivity contribution is 0.00354. The summed E-state index contributed by atoms with van der Waals surface area (Å²) in [5, 5.41) is 0. The third kappa shape index (κ3) is 3.00. The minimum Gasteiger partial charge on any atom is -0.377 e. The molecule has 0 radical (unpaired) electrons. The number of carbonyl (C=O) groups excluding carboxylic acids is 1. The van der Waals surface area contributed by atoms with E-state index < -0.39 is 0 Å². The average Bonchev–Trinajstić information content (AvgIpc) is 2.32. The van der Waals surface area contributed by atoms with Crippen molar-refractivity contribution in [3.63, 3.8) is 0 Å². The molecule has 0 N–H and O–H groups in total. The van der Waals surface area contributed by atoms with Gasteiger partial charge in [-0.25, -0.2) is 0 Å². The normalized spacial score (nSPS) is 20.4. The minimum absolute atomic E-state index is 0.0752. The quantitative estimate of drug-likeness (QED) is 0.667. The lowest BCUT2D eigenvalue weighted by atomic mass is 10.1. The first kappa shape index (κ1) is 13.3. The molecule has 1 aromatic rings. The molecule has 2 rings (SSSR count). The zero-order valence-corrected chi connectivity index (χ0v) is 13.2. The molecule has 92 valence electrons. The summed E-state index contributed by atoms with van der Waals surface area (Å²) in [6.07, 6.45) is 0. The van der Waals surface area contributed by atoms with E-state index in [0.717, 1.165) is 13.6 Å². The van der Waals surface area contributed by atoms with Gasteiger partial charge in [-0.15, -0.1) is 0 Å². The molecule has 0 aromatic heterocycles. The number of carbonyl (C=O) groups is 1. The van der Waals surface area contributed by atoms with Crippen LogP contribution < -0.4 is 0 Å². The third-order valence-electron chi connectivity index (χ3n) is 2.79. The molecule has 1 saturated heterocycles. The van der Waals surface area contributed by atoms with Crippen LogP contribution in [0.2, 0.25) is 0 Å². The third-order valence-corrected chi connectivity index (χ3v) is 4.15. The van der Waals surface area contributed by atoms with Gasteiger partial charge in [0.15, 0.2) is 0 Å². The van der Waals surface area contributed by atoms with Gasteiger partial charge in [0.05, 0.1) is 24.8 Å². The van der Waals surface area contributed by atoms with E-state index in [-0.39, 0.29) is 11.9 Å². The summed E-state index contributed by atoms with van der Waals surface area (Å²) in [5.74, 6) is 0.0752. The summed E-state index contributed by atoms with van der Waals surface area (Å²) in [6.45, 7) is 3.92. The second kappa shape index (κ2) is 5.67. The minimum atomic E-state index is 0.0752. The van der Waals surface area contributed by atoms with Gasteiger partial charge in [0, 0.05) is 14.6 Å². The second-order valence-corrected chi connectivity index (χ2v) is 6.15. The van der Waals surface area contributed by atoms with Gasteiger partial charge in [0.25, 0.3) is 5.91 Å². The molecule has 1 aliphatic rings. The summed E-state index contributed by atoms with van der Waals surface area (Å²) >= 11 is 5.65. The fourth-order valence-electron chi connectivity index (χ4n) is 1.84. The van der Waals surface area contributed by atoms with Crippen molar-refractivity contribution in [3.05, 3.63) is 31.8 Å². The molecule has 1 atom stereocenters. The van der Waals surface area contributed by atoms with Crippen LogP contribution in [0.5, 0.6) is 0 Å². The van der Waals surface area contributed by atoms with Gasteiger partial charge in [-0.1, -0.05) is 0 Å². The van der Waals surface area contributed by atoms with Crippen molar-refractivity contribution in [1.29, 1.82) is 0 Å². The van der Waals surface area contributed by atoms with Crippen LogP contribution in [0.3, 0.4) is 0 Å². The molecule has 0 unspecified atom stereocenters. The Morgan fingerprint density at radius 1 is 1.59 bits per heavy atom. The first-order valence-corrected chi connectivity index (χ1v) is 7.30. The molecule has 1 aliphatic heterocycles. The van der Waals surface area contributed by atoms with Crippen LogP contribution in [-0.2, 0) is 4.74 Å². The van der Waals surface area contributed by atoms with E-state index in [4.69, 9.17) is 4.74 Å². The van der Waals surface area contributed by atoms with Crippen LogP contribution in [0.1, 0.15) is 17.3 Å². The standard InChI is InChI=1S/C12H13BrINO2/c1-8-7-17-5-4-15(8)12(16)10-6-9(14)2-3-11(10)13/h2-3,6,8H,4-5,7H2,1H3/t8-/m1/s1. The van der Waals surface area contributed by atoms with E-state index in [2.05, 4.69) is 38.5 Å². The number of rotatable bonds is 1. The predicted molar refractivity (Wildman–Crippen MR) is 78.2 cm³/mol. The van der Waals surface area contributed by atoms with E-state index >= 15 is 0 Å². The lowest BCUT2D eigenvalue weighted by Crippen LogP contribution is -2.47. The number of ether oxygens (including phenoxy) is 1.